The Morgan fingerprint density at radius 3 is 2.68 bits per heavy atom. The first-order valence-electron chi connectivity index (χ1n) is 5.92. The highest BCUT2D eigenvalue weighted by atomic mass is 79.9. The summed E-state index contributed by atoms with van der Waals surface area (Å²) in [6.07, 6.45) is 3.50. The summed E-state index contributed by atoms with van der Waals surface area (Å²) in [5, 5.41) is 1.01. The number of anilines is 1. The standard InChI is InChI=1S/C14H13BrN4/c1-8-9(2)19(7-18-8)14-11-5-10(15)3-4-13(11)17-6-12(14)16/h3-7H,16H2,1-2H3. The molecule has 0 amide bonds. The topological polar surface area (TPSA) is 56.7 Å². The predicted octanol–water partition coefficient (Wildman–Crippen LogP) is 3.38. The van der Waals surface area contributed by atoms with Gasteiger partial charge in [-0.15, -0.1) is 0 Å². The molecule has 0 spiro atoms. The lowest BCUT2D eigenvalue weighted by atomic mass is 10.1. The SMILES string of the molecule is Cc1ncn(-c2c(N)cnc3ccc(Br)cc23)c1C. The van der Waals surface area contributed by atoms with Crippen LogP contribution in [0.25, 0.3) is 16.6 Å². The molecule has 0 unspecified atom stereocenters. The van der Waals surface area contributed by atoms with Crippen LogP contribution in [0.15, 0.2) is 35.2 Å². The first kappa shape index (κ1) is 12.2. The summed E-state index contributed by atoms with van der Waals surface area (Å²) < 4.78 is 3.02. The van der Waals surface area contributed by atoms with Crippen LogP contribution in [-0.4, -0.2) is 14.5 Å². The van der Waals surface area contributed by atoms with Crippen LogP contribution in [0.1, 0.15) is 11.4 Å². The number of hydrogen-bond donors (Lipinski definition) is 1. The fourth-order valence-electron chi connectivity index (χ4n) is 2.16. The second kappa shape index (κ2) is 4.35. The fourth-order valence-corrected chi connectivity index (χ4v) is 2.52. The Morgan fingerprint density at radius 1 is 1.21 bits per heavy atom. The molecule has 3 rings (SSSR count). The van der Waals surface area contributed by atoms with E-state index >= 15 is 0 Å². The lowest BCUT2D eigenvalue weighted by molar-refractivity contribution is 1.01. The van der Waals surface area contributed by atoms with Crippen molar-refractivity contribution in [3.63, 3.8) is 0 Å². The zero-order valence-electron chi connectivity index (χ0n) is 10.7. The van der Waals surface area contributed by atoms with E-state index in [1.807, 2.05) is 36.6 Å². The normalized spacial score (nSPS) is 11.1. The number of benzene rings is 1. The molecule has 3 aromatic rings. The fraction of sp³-hybridized carbons (Fsp3) is 0.143. The monoisotopic (exact) mass is 316 g/mol. The molecule has 0 saturated carbocycles. The molecular formula is C14H13BrN4. The van der Waals surface area contributed by atoms with Crippen molar-refractivity contribution < 1.29 is 0 Å². The van der Waals surface area contributed by atoms with Gasteiger partial charge in [-0.25, -0.2) is 4.98 Å². The Balaban J connectivity index is 2.42. The molecule has 0 aliphatic heterocycles. The van der Waals surface area contributed by atoms with Crippen molar-refractivity contribution in [1.82, 2.24) is 14.5 Å². The summed E-state index contributed by atoms with van der Waals surface area (Å²) in [6, 6.07) is 5.98. The van der Waals surface area contributed by atoms with Gasteiger partial charge in [-0.05, 0) is 32.0 Å². The van der Waals surface area contributed by atoms with Crippen molar-refractivity contribution in [3.8, 4) is 5.69 Å². The minimum atomic E-state index is 0.645. The number of hydrogen-bond acceptors (Lipinski definition) is 3. The molecule has 19 heavy (non-hydrogen) atoms. The second-order valence-corrected chi connectivity index (χ2v) is 5.42. The lowest BCUT2D eigenvalue weighted by Crippen LogP contribution is -2.03. The number of imidazole rings is 1. The van der Waals surface area contributed by atoms with Crippen molar-refractivity contribution in [3.05, 3.63) is 46.6 Å². The Kier molecular flexibility index (Phi) is 2.78. The van der Waals surface area contributed by atoms with Crippen molar-refractivity contribution in [2.24, 2.45) is 0 Å². The van der Waals surface area contributed by atoms with Crippen LogP contribution in [0.3, 0.4) is 0 Å². The van der Waals surface area contributed by atoms with Gasteiger partial charge in [-0.2, -0.15) is 0 Å². The number of nitrogens with zero attached hydrogens (tertiary/aromatic N) is 3. The van der Waals surface area contributed by atoms with Crippen molar-refractivity contribution >= 4 is 32.5 Å². The van der Waals surface area contributed by atoms with Crippen LogP contribution in [-0.2, 0) is 0 Å². The molecule has 4 nitrogen and oxygen atoms in total. The first-order valence-corrected chi connectivity index (χ1v) is 6.72. The molecular weight excluding hydrogens is 304 g/mol. The number of nitrogen functional groups attached to an aromatic ring is 1. The van der Waals surface area contributed by atoms with Crippen LogP contribution in [0.2, 0.25) is 0 Å². The van der Waals surface area contributed by atoms with Crippen molar-refractivity contribution in [2.75, 3.05) is 5.73 Å². The number of nitrogens with two attached hydrogens (primary N) is 1. The Bertz CT molecular complexity index is 771. The Hall–Kier alpha value is -1.88. The number of aryl methyl sites for hydroxylation is 1. The van der Waals surface area contributed by atoms with Gasteiger partial charge in [-0.3, -0.25) is 4.98 Å². The van der Waals surface area contributed by atoms with E-state index in [2.05, 4.69) is 25.9 Å². The van der Waals surface area contributed by atoms with Crippen molar-refractivity contribution in [2.45, 2.75) is 13.8 Å². The Morgan fingerprint density at radius 2 is 2.00 bits per heavy atom. The largest absolute Gasteiger partial charge is 0.396 e. The van der Waals surface area contributed by atoms with Crippen LogP contribution >= 0.6 is 15.9 Å². The Labute approximate surface area is 119 Å². The average Bonchev–Trinajstić information content (AvgIpc) is 2.70. The maximum Gasteiger partial charge on any atom is 0.0998 e. The van der Waals surface area contributed by atoms with E-state index < -0.39 is 0 Å². The highest BCUT2D eigenvalue weighted by Crippen LogP contribution is 2.29. The summed E-state index contributed by atoms with van der Waals surface area (Å²) in [6.45, 7) is 4.02. The molecule has 0 fully saturated rings. The van der Waals surface area contributed by atoms with Gasteiger partial charge in [0.2, 0.25) is 0 Å². The van der Waals surface area contributed by atoms with Crippen molar-refractivity contribution in [1.29, 1.82) is 0 Å². The van der Waals surface area contributed by atoms with Crippen LogP contribution in [0.4, 0.5) is 5.69 Å². The third-order valence-electron chi connectivity index (χ3n) is 3.32. The second-order valence-electron chi connectivity index (χ2n) is 4.51. The molecule has 0 aliphatic rings. The van der Waals surface area contributed by atoms with Gasteiger partial charge in [0.15, 0.2) is 0 Å². The predicted molar refractivity (Wildman–Crippen MR) is 80.5 cm³/mol. The number of pyridine rings is 1. The smallest absolute Gasteiger partial charge is 0.0998 e. The lowest BCUT2D eigenvalue weighted by Gasteiger charge is -2.12. The maximum atomic E-state index is 6.12. The molecule has 2 heterocycles. The summed E-state index contributed by atoms with van der Waals surface area (Å²) in [5.74, 6) is 0. The average molecular weight is 317 g/mol. The summed E-state index contributed by atoms with van der Waals surface area (Å²) in [5.41, 5.74) is 10.7. The molecule has 0 radical (unpaired) electrons. The molecule has 0 bridgehead atoms. The van der Waals surface area contributed by atoms with Crippen LogP contribution in [0.5, 0.6) is 0 Å². The van der Waals surface area contributed by atoms with Crippen LogP contribution < -0.4 is 5.73 Å². The molecule has 1 aromatic carbocycles. The zero-order valence-corrected chi connectivity index (χ0v) is 12.3. The van der Waals surface area contributed by atoms with Gasteiger partial charge in [0.1, 0.15) is 0 Å². The summed E-state index contributed by atoms with van der Waals surface area (Å²) >= 11 is 3.49. The molecule has 96 valence electrons. The number of aromatic nitrogens is 3. The van der Waals surface area contributed by atoms with Crippen LogP contribution in [0, 0.1) is 13.8 Å². The third kappa shape index (κ3) is 1.90. The van der Waals surface area contributed by atoms with E-state index in [9.17, 15) is 0 Å². The van der Waals surface area contributed by atoms with E-state index in [1.54, 1.807) is 12.5 Å². The van der Waals surface area contributed by atoms with E-state index in [0.717, 1.165) is 32.5 Å². The number of rotatable bonds is 1. The van der Waals surface area contributed by atoms with E-state index in [1.165, 1.54) is 0 Å². The van der Waals surface area contributed by atoms with Gasteiger partial charge < -0.3 is 10.3 Å². The molecule has 0 saturated heterocycles. The van der Waals surface area contributed by atoms with Gasteiger partial charge in [-0.1, -0.05) is 15.9 Å². The van der Waals surface area contributed by atoms with E-state index in [0.29, 0.717) is 5.69 Å². The minimum Gasteiger partial charge on any atom is -0.396 e. The molecule has 0 atom stereocenters. The summed E-state index contributed by atoms with van der Waals surface area (Å²) in [4.78, 5) is 8.70. The first-order chi connectivity index (χ1) is 9.08. The molecule has 0 aliphatic carbocycles. The van der Waals surface area contributed by atoms with Gasteiger partial charge in [0.25, 0.3) is 0 Å². The van der Waals surface area contributed by atoms with Gasteiger partial charge >= 0.3 is 0 Å². The third-order valence-corrected chi connectivity index (χ3v) is 3.82. The summed E-state index contributed by atoms with van der Waals surface area (Å²) in [7, 11) is 0. The van der Waals surface area contributed by atoms with E-state index in [-0.39, 0.29) is 0 Å². The molecule has 2 aromatic heterocycles. The van der Waals surface area contributed by atoms with E-state index in [4.69, 9.17) is 5.73 Å². The van der Waals surface area contributed by atoms with Gasteiger partial charge in [0, 0.05) is 15.6 Å². The maximum absolute atomic E-state index is 6.12. The quantitative estimate of drug-likeness (QED) is 0.748. The number of fused-ring (bicyclic) bond motifs is 1. The highest BCUT2D eigenvalue weighted by Gasteiger charge is 2.12. The zero-order chi connectivity index (χ0) is 13.6. The van der Waals surface area contributed by atoms with Gasteiger partial charge in [0.05, 0.1) is 35.1 Å². The highest BCUT2D eigenvalue weighted by molar-refractivity contribution is 9.10. The number of halogens is 1. The minimum absolute atomic E-state index is 0.645. The molecule has 5 heteroatoms. The molecule has 2 N–H and O–H groups in total.